The van der Waals surface area contributed by atoms with E-state index in [1.807, 2.05) is 4.90 Å². The summed E-state index contributed by atoms with van der Waals surface area (Å²) in [6.07, 6.45) is 0.331. The van der Waals surface area contributed by atoms with E-state index in [9.17, 15) is 19.5 Å². The van der Waals surface area contributed by atoms with Gasteiger partial charge >= 0.3 is 11.9 Å². The van der Waals surface area contributed by atoms with Gasteiger partial charge in [-0.3, -0.25) is 29.2 Å². The van der Waals surface area contributed by atoms with Crippen molar-refractivity contribution in [2.24, 2.45) is 0 Å². The highest BCUT2D eigenvalue weighted by Gasteiger charge is 2.19. The molecule has 0 spiro atoms. The van der Waals surface area contributed by atoms with Crippen LogP contribution >= 0.6 is 0 Å². The summed E-state index contributed by atoms with van der Waals surface area (Å²) in [6.45, 7) is 6.48. The van der Waals surface area contributed by atoms with Crippen molar-refractivity contribution in [2.45, 2.75) is 13.0 Å². The highest BCUT2D eigenvalue weighted by atomic mass is 16.4. The lowest BCUT2D eigenvalue weighted by Crippen LogP contribution is -2.48. The molecule has 1 rings (SSSR count). The number of carbonyl (C=O) groups is 3. The molecule has 0 bridgehead atoms. The molecule has 1 aliphatic rings. The molecule has 0 aromatic heterocycles. The average Bonchev–Trinajstić information content (AvgIpc) is 2.56. The standard InChI is InChI=1S/C17H32N4O6/c1-15(23)12-19-4-2-18(10-11-22)3-5-20(13-16(24)25)8-9-21(7-6-19)14-17(26)27/h11,15,23H,2-10,12-14H2,1H3,(H,24,25)(H,26,27). The summed E-state index contributed by atoms with van der Waals surface area (Å²) >= 11 is 0. The van der Waals surface area contributed by atoms with Crippen LogP contribution < -0.4 is 0 Å². The van der Waals surface area contributed by atoms with Crippen molar-refractivity contribution in [2.75, 3.05) is 78.5 Å². The van der Waals surface area contributed by atoms with Crippen molar-refractivity contribution < 1.29 is 29.7 Å². The summed E-state index contributed by atoms with van der Waals surface area (Å²) < 4.78 is 0. The summed E-state index contributed by atoms with van der Waals surface area (Å²) in [5.41, 5.74) is 0. The van der Waals surface area contributed by atoms with E-state index in [0.29, 0.717) is 58.9 Å². The van der Waals surface area contributed by atoms with Crippen LogP contribution in [-0.2, 0) is 14.4 Å². The van der Waals surface area contributed by atoms with E-state index in [1.165, 1.54) is 0 Å². The van der Waals surface area contributed by atoms with E-state index in [4.69, 9.17) is 10.2 Å². The average molecular weight is 388 g/mol. The first-order chi connectivity index (χ1) is 12.8. The second-order valence-corrected chi connectivity index (χ2v) is 6.96. The molecule has 156 valence electrons. The number of nitrogens with zero attached hydrogens (tertiary/aromatic N) is 4. The summed E-state index contributed by atoms with van der Waals surface area (Å²) in [7, 11) is 0. The van der Waals surface area contributed by atoms with Crippen LogP contribution in [0.5, 0.6) is 0 Å². The van der Waals surface area contributed by atoms with Crippen LogP contribution in [-0.4, -0.2) is 138 Å². The summed E-state index contributed by atoms with van der Waals surface area (Å²) in [6, 6.07) is 0. The fourth-order valence-corrected chi connectivity index (χ4v) is 3.12. The van der Waals surface area contributed by atoms with Gasteiger partial charge in [-0.25, -0.2) is 0 Å². The molecule has 0 saturated carbocycles. The molecule has 1 aliphatic heterocycles. The molecule has 1 saturated heterocycles. The van der Waals surface area contributed by atoms with Crippen molar-refractivity contribution in [1.82, 2.24) is 19.6 Å². The van der Waals surface area contributed by atoms with Crippen molar-refractivity contribution in [3.05, 3.63) is 0 Å². The molecule has 1 atom stereocenters. The fraction of sp³-hybridized carbons (Fsp3) is 0.824. The van der Waals surface area contributed by atoms with E-state index in [-0.39, 0.29) is 19.6 Å². The molecule has 0 amide bonds. The van der Waals surface area contributed by atoms with Gasteiger partial charge in [0.05, 0.1) is 25.7 Å². The third kappa shape index (κ3) is 11.0. The predicted octanol–water partition coefficient (Wildman–Crippen LogP) is -2.04. The molecular formula is C17H32N4O6. The van der Waals surface area contributed by atoms with E-state index >= 15 is 0 Å². The number of carboxylic acid groups (broad SMARTS) is 2. The Morgan fingerprint density at radius 1 is 0.815 bits per heavy atom. The molecule has 0 aliphatic carbocycles. The minimum absolute atomic E-state index is 0.110. The third-order valence-electron chi connectivity index (χ3n) is 4.50. The van der Waals surface area contributed by atoms with Gasteiger partial charge in [0.1, 0.15) is 6.29 Å². The number of β-amino-alcohol motifs (C(OH)–C–C–N with tert-alkyl or cyclic N) is 1. The molecule has 1 unspecified atom stereocenters. The van der Waals surface area contributed by atoms with Crippen LogP contribution in [0.2, 0.25) is 0 Å². The lowest BCUT2D eigenvalue weighted by molar-refractivity contribution is -0.140. The van der Waals surface area contributed by atoms with Crippen molar-refractivity contribution in [3.8, 4) is 0 Å². The Labute approximate surface area is 159 Å². The van der Waals surface area contributed by atoms with Crippen LogP contribution in [0.25, 0.3) is 0 Å². The fourth-order valence-electron chi connectivity index (χ4n) is 3.12. The Hall–Kier alpha value is -1.59. The highest BCUT2D eigenvalue weighted by Crippen LogP contribution is 2.01. The Bertz CT molecular complexity index is 476. The molecule has 0 aromatic rings. The van der Waals surface area contributed by atoms with Crippen LogP contribution in [0.15, 0.2) is 0 Å². The highest BCUT2D eigenvalue weighted by molar-refractivity contribution is 5.69. The summed E-state index contributed by atoms with van der Waals surface area (Å²) in [4.78, 5) is 40.8. The monoisotopic (exact) mass is 388 g/mol. The number of aliphatic hydroxyl groups excluding tert-OH is 1. The molecule has 27 heavy (non-hydrogen) atoms. The van der Waals surface area contributed by atoms with E-state index < -0.39 is 18.0 Å². The molecule has 3 N–H and O–H groups in total. The maximum Gasteiger partial charge on any atom is 0.317 e. The van der Waals surface area contributed by atoms with Gasteiger partial charge in [-0.05, 0) is 6.92 Å². The number of hydrogen-bond donors (Lipinski definition) is 3. The van der Waals surface area contributed by atoms with Crippen molar-refractivity contribution in [3.63, 3.8) is 0 Å². The largest absolute Gasteiger partial charge is 0.480 e. The topological polar surface area (TPSA) is 125 Å². The van der Waals surface area contributed by atoms with Gasteiger partial charge < -0.3 is 20.1 Å². The molecule has 10 nitrogen and oxygen atoms in total. The maximum atomic E-state index is 11.1. The first kappa shape index (κ1) is 23.4. The number of aliphatic hydroxyl groups is 1. The number of aldehydes is 1. The Kier molecular flexibility index (Phi) is 11.1. The number of hydrogen-bond acceptors (Lipinski definition) is 8. The lowest BCUT2D eigenvalue weighted by Gasteiger charge is -2.33. The first-order valence-electron chi connectivity index (χ1n) is 9.25. The molecule has 0 radical (unpaired) electrons. The van der Waals surface area contributed by atoms with Crippen molar-refractivity contribution >= 4 is 18.2 Å². The van der Waals surface area contributed by atoms with Crippen LogP contribution in [0.1, 0.15) is 6.92 Å². The minimum Gasteiger partial charge on any atom is -0.480 e. The number of carboxylic acids is 2. The third-order valence-corrected chi connectivity index (χ3v) is 4.50. The second kappa shape index (κ2) is 12.7. The molecular weight excluding hydrogens is 356 g/mol. The first-order valence-corrected chi connectivity index (χ1v) is 9.25. The van der Waals surface area contributed by atoms with E-state index in [1.54, 1.807) is 16.7 Å². The second-order valence-electron chi connectivity index (χ2n) is 6.96. The van der Waals surface area contributed by atoms with Gasteiger partial charge in [0.2, 0.25) is 0 Å². The van der Waals surface area contributed by atoms with Gasteiger partial charge in [0.15, 0.2) is 0 Å². The van der Waals surface area contributed by atoms with Gasteiger partial charge in [0, 0.05) is 58.9 Å². The smallest absolute Gasteiger partial charge is 0.317 e. The minimum atomic E-state index is -0.933. The zero-order valence-electron chi connectivity index (χ0n) is 16.0. The zero-order valence-corrected chi connectivity index (χ0v) is 16.0. The molecule has 10 heteroatoms. The normalized spacial score (nSPS) is 21.1. The molecule has 1 heterocycles. The number of carbonyl (C=O) groups excluding carboxylic acids is 1. The maximum absolute atomic E-state index is 11.1. The predicted molar refractivity (Wildman–Crippen MR) is 98.8 cm³/mol. The van der Waals surface area contributed by atoms with E-state index in [0.717, 1.165) is 6.29 Å². The SMILES string of the molecule is CC(O)CN1CCN(CC=O)CCN(CC(=O)O)CCN(CC(=O)O)CC1. The van der Waals surface area contributed by atoms with Crippen LogP contribution in [0.4, 0.5) is 0 Å². The summed E-state index contributed by atoms with van der Waals surface area (Å²) in [5.74, 6) is -1.86. The zero-order chi connectivity index (χ0) is 20.2. The van der Waals surface area contributed by atoms with Crippen LogP contribution in [0, 0.1) is 0 Å². The molecule has 0 aromatic carbocycles. The lowest BCUT2D eigenvalue weighted by atomic mass is 10.3. The van der Waals surface area contributed by atoms with Gasteiger partial charge in [0.25, 0.3) is 0 Å². The van der Waals surface area contributed by atoms with Gasteiger partial charge in [-0.15, -0.1) is 0 Å². The summed E-state index contributed by atoms with van der Waals surface area (Å²) in [5, 5.41) is 27.9. The van der Waals surface area contributed by atoms with Crippen LogP contribution in [0.3, 0.4) is 0 Å². The number of rotatable bonds is 8. The van der Waals surface area contributed by atoms with E-state index in [2.05, 4.69) is 4.90 Å². The molecule has 1 fully saturated rings. The van der Waals surface area contributed by atoms with Crippen molar-refractivity contribution in [1.29, 1.82) is 0 Å². The Morgan fingerprint density at radius 2 is 1.19 bits per heavy atom. The van der Waals surface area contributed by atoms with Gasteiger partial charge in [-0.2, -0.15) is 0 Å². The Morgan fingerprint density at radius 3 is 1.52 bits per heavy atom. The Balaban J connectivity index is 2.85. The quantitative estimate of drug-likeness (QED) is 0.400. The van der Waals surface area contributed by atoms with Gasteiger partial charge in [-0.1, -0.05) is 0 Å². The number of aliphatic carboxylic acids is 2.